The lowest BCUT2D eigenvalue weighted by Gasteiger charge is -2.40. The molecule has 5 heteroatoms. The van der Waals surface area contributed by atoms with Crippen molar-refractivity contribution >= 4 is 5.91 Å². The van der Waals surface area contributed by atoms with Crippen molar-refractivity contribution in [1.29, 1.82) is 0 Å². The predicted molar refractivity (Wildman–Crippen MR) is 82.5 cm³/mol. The summed E-state index contributed by atoms with van der Waals surface area (Å²) in [4.78, 5) is 14.4. The summed E-state index contributed by atoms with van der Waals surface area (Å²) in [6.45, 7) is 5.44. The Bertz CT molecular complexity index is 519. The number of aliphatic hydroxyl groups is 1. The Morgan fingerprint density at radius 2 is 2.05 bits per heavy atom. The first-order valence-corrected chi connectivity index (χ1v) is 7.88. The minimum atomic E-state index is -0.511. The summed E-state index contributed by atoms with van der Waals surface area (Å²) in [5.74, 6) is -0.682. The number of rotatable bonds is 5. The molecule has 0 radical (unpaired) electrons. The topological polar surface area (TPSA) is 49.8 Å². The Kier molecular flexibility index (Phi) is 5.40. The molecule has 0 aromatic heterocycles. The van der Waals surface area contributed by atoms with E-state index in [1.807, 2.05) is 0 Å². The Labute approximate surface area is 130 Å². The number of para-hydroxylation sites is 1. The van der Waals surface area contributed by atoms with Crippen molar-refractivity contribution in [3.63, 3.8) is 0 Å². The molecule has 2 rings (SSSR count). The minimum Gasteiger partial charge on any atom is -0.490 e. The van der Waals surface area contributed by atoms with Crippen molar-refractivity contribution < 1.29 is 19.0 Å². The number of aliphatic hydroxyl groups excluding tert-OH is 1. The van der Waals surface area contributed by atoms with Crippen molar-refractivity contribution in [3.05, 3.63) is 29.6 Å². The number of ether oxygens (including phenoxy) is 1. The van der Waals surface area contributed by atoms with Crippen LogP contribution in [0, 0.1) is 11.2 Å². The third-order valence-electron chi connectivity index (χ3n) is 4.68. The summed E-state index contributed by atoms with van der Waals surface area (Å²) in [5.41, 5.74) is 0.191. The maximum absolute atomic E-state index is 13.9. The second kappa shape index (κ2) is 7.09. The van der Waals surface area contributed by atoms with Gasteiger partial charge in [0.25, 0.3) is 5.91 Å². The average Bonchev–Trinajstić information content (AvgIpc) is 2.56. The molecule has 1 aliphatic rings. The molecule has 0 atom stereocenters. The van der Waals surface area contributed by atoms with Gasteiger partial charge in [0.05, 0.1) is 12.2 Å². The summed E-state index contributed by atoms with van der Waals surface area (Å²) < 4.78 is 19.2. The molecule has 1 fully saturated rings. The third kappa shape index (κ3) is 3.24. The molecule has 1 aliphatic heterocycles. The van der Waals surface area contributed by atoms with Crippen LogP contribution in [0.15, 0.2) is 18.2 Å². The van der Waals surface area contributed by atoms with Crippen LogP contribution in [0.3, 0.4) is 0 Å². The van der Waals surface area contributed by atoms with Crippen LogP contribution in [0.25, 0.3) is 0 Å². The van der Waals surface area contributed by atoms with Crippen LogP contribution in [-0.4, -0.2) is 42.2 Å². The fourth-order valence-corrected chi connectivity index (χ4v) is 2.95. The van der Waals surface area contributed by atoms with E-state index < -0.39 is 5.82 Å². The summed E-state index contributed by atoms with van der Waals surface area (Å²) in [6, 6.07) is 4.43. The smallest absolute Gasteiger partial charge is 0.257 e. The van der Waals surface area contributed by atoms with Crippen LogP contribution in [0.5, 0.6) is 5.75 Å². The molecule has 0 bridgehead atoms. The van der Waals surface area contributed by atoms with Crippen molar-refractivity contribution in [2.75, 3.05) is 26.3 Å². The predicted octanol–water partition coefficient (Wildman–Crippen LogP) is 2.85. The number of amides is 1. The fourth-order valence-electron chi connectivity index (χ4n) is 2.95. The van der Waals surface area contributed by atoms with Crippen molar-refractivity contribution in [2.45, 2.75) is 33.1 Å². The first-order valence-electron chi connectivity index (χ1n) is 7.88. The molecule has 122 valence electrons. The normalized spacial score (nSPS) is 17.4. The number of likely N-dealkylation sites (tertiary alicyclic amines) is 1. The lowest BCUT2D eigenvalue weighted by atomic mass is 9.77. The zero-order chi connectivity index (χ0) is 16.2. The number of halogens is 1. The van der Waals surface area contributed by atoms with E-state index in [1.54, 1.807) is 17.9 Å². The summed E-state index contributed by atoms with van der Waals surface area (Å²) in [6.07, 6.45) is 2.44. The molecule has 1 heterocycles. The van der Waals surface area contributed by atoms with Gasteiger partial charge >= 0.3 is 0 Å². The highest BCUT2D eigenvalue weighted by molar-refractivity contribution is 5.97. The van der Waals surface area contributed by atoms with E-state index in [-0.39, 0.29) is 29.2 Å². The summed E-state index contributed by atoms with van der Waals surface area (Å²) in [5, 5.41) is 9.56. The lowest BCUT2D eigenvalue weighted by Crippen LogP contribution is -2.44. The van der Waals surface area contributed by atoms with Gasteiger partial charge in [0.2, 0.25) is 0 Å². The second-order valence-corrected chi connectivity index (χ2v) is 5.85. The molecule has 4 nitrogen and oxygen atoms in total. The molecule has 0 aliphatic carbocycles. The zero-order valence-corrected chi connectivity index (χ0v) is 13.3. The number of piperidine rings is 1. The van der Waals surface area contributed by atoms with Gasteiger partial charge in [0.1, 0.15) is 0 Å². The molecule has 1 saturated heterocycles. The van der Waals surface area contributed by atoms with Gasteiger partial charge in [0, 0.05) is 19.7 Å². The molecule has 0 saturated carbocycles. The monoisotopic (exact) mass is 309 g/mol. The van der Waals surface area contributed by atoms with Crippen LogP contribution < -0.4 is 4.74 Å². The largest absolute Gasteiger partial charge is 0.490 e. The average molecular weight is 309 g/mol. The molecule has 0 unspecified atom stereocenters. The Morgan fingerprint density at radius 3 is 2.59 bits per heavy atom. The molecule has 1 N–H and O–H groups in total. The maximum atomic E-state index is 13.9. The van der Waals surface area contributed by atoms with Gasteiger partial charge in [-0.3, -0.25) is 4.79 Å². The number of hydrogen-bond acceptors (Lipinski definition) is 3. The van der Waals surface area contributed by atoms with Gasteiger partial charge in [-0.1, -0.05) is 13.0 Å². The number of benzene rings is 1. The van der Waals surface area contributed by atoms with Gasteiger partial charge in [-0.15, -0.1) is 0 Å². The quantitative estimate of drug-likeness (QED) is 0.910. The van der Waals surface area contributed by atoms with Crippen LogP contribution in [0.2, 0.25) is 0 Å². The minimum absolute atomic E-state index is 0.0319. The third-order valence-corrected chi connectivity index (χ3v) is 4.68. The van der Waals surface area contributed by atoms with Crippen molar-refractivity contribution in [1.82, 2.24) is 4.90 Å². The molecule has 22 heavy (non-hydrogen) atoms. The number of carbonyl (C=O) groups excluding carboxylic acids is 1. The van der Waals surface area contributed by atoms with Crippen molar-refractivity contribution in [2.24, 2.45) is 5.41 Å². The van der Waals surface area contributed by atoms with E-state index in [0.717, 1.165) is 19.3 Å². The van der Waals surface area contributed by atoms with Crippen LogP contribution >= 0.6 is 0 Å². The van der Waals surface area contributed by atoms with Crippen molar-refractivity contribution in [3.8, 4) is 5.75 Å². The van der Waals surface area contributed by atoms with Gasteiger partial charge in [-0.05, 0) is 43.7 Å². The molecule has 1 amide bonds. The van der Waals surface area contributed by atoms with Gasteiger partial charge in [-0.25, -0.2) is 4.39 Å². The molecular weight excluding hydrogens is 285 g/mol. The maximum Gasteiger partial charge on any atom is 0.257 e. The zero-order valence-electron chi connectivity index (χ0n) is 13.3. The molecule has 1 aromatic rings. The Balaban J connectivity index is 2.15. The first-order chi connectivity index (χ1) is 10.6. The second-order valence-electron chi connectivity index (χ2n) is 5.85. The highest BCUT2D eigenvalue weighted by Crippen LogP contribution is 2.35. The van der Waals surface area contributed by atoms with E-state index >= 15 is 0 Å². The van der Waals surface area contributed by atoms with E-state index in [9.17, 15) is 14.3 Å². The molecular formula is C17H24FNO3. The van der Waals surface area contributed by atoms with E-state index in [1.165, 1.54) is 12.1 Å². The van der Waals surface area contributed by atoms with Gasteiger partial charge in [-0.2, -0.15) is 0 Å². The lowest BCUT2D eigenvalue weighted by molar-refractivity contribution is 0.0335. The SMILES string of the molecule is CCOc1c(F)cccc1C(=O)N1CCC(CC)(CO)CC1. The highest BCUT2D eigenvalue weighted by atomic mass is 19.1. The standard InChI is InChI=1S/C17H24FNO3/c1-3-17(12-20)8-10-19(11-9-17)16(21)13-6-5-7-14(18)15(13)22-4-2/h5-7,20H,3-4,8-12H2,1-2H3. The molecule has 0 spiro atoms. The van der Waals surface area contributed by atoms with Crippen LogP contribution in [-0.2, 0) is 0 Å². The summed E-state index contributed by atoms with van der Waals surface area (Å²) >= 11 is 0. The number of carbonyl (C=O) groups is 1. The van der Waals surface area contributed by atoms with Gasteiger partial charge in [0.15, 0.2) is 11.6 Å². The van der Waals surface area contributed by atoms with E-state index in [4.69, 9.17) is 4.74 Å². The van der Waals surface area contributed by atoms with Gasteiger partial charge < -0.3 is 14.7 Å². The van der Waals surface area contributed by atoms with Crippen LogP contribution in [0.4, 0.5) is 4.39 Å². The van der Waals surface area contributed by atoms with E-state index in [2.05, 4.69) is 6.92 Å². The van der Waals surface area contributed by atoms with Crippen LogP contribution in [0.1, 0.15) is 43.5 Å². The van der Waals surface area contributed by atoms with E-state index in [0.29, 0.717) is 19.7 Å². The Morgan fingerprint density at radius 1 is 1.36 bits per heavy atom. The first kappa shape index (κ1) is 16.7. The molecule has 1 aromatic carbocycles. The Hall–Kier alpha value is -1.62. The highest BCUT2D eigenvalue weighted by Gasteiger charge is 2.34. The number of hydrogen-bond donors (Lipinski definition) is 1. The number of nitrogens with zero attached hydrogens (tertiary/aromatic N) is 1. The summed E-state index contributed by atoms with van der Waals surface area (Å²) in [7, 11) is 0. The fraction of sp³-hybridized carbons (Fsp3) is 0.588.